The number of hydrogen-bond acceptors (Lipinski definition) is 4. The Kier molecular flexibility index (Phi) is 3.76. The molecule has 0 spiro atoms. The number of halogens is 1. The van der Waals surface area contributed by atoms with Crippen LogP contribution in [-0.4, -0.2) is 46.8 Å². The second-order valence-electron chi connectivity index (χ2n) is 6.91. The van der Waals surface area contributed by atoms with E-state index in [0.29, 0.717) is 5.52 Å². The fourth-order valence-electron chi connectivity index (χ4n) is 3.42. The number of aromatic carboxylic acids is 1. The topological polar surface area (TPSA) is 71.8 Å². The fraction of sp³-hybridized carbons (Fsp3) is 0.444. The highest BCUT2D eigenvalue weighted by molar-refractivity contribution is 5.93. The van der Waals surface area contributed by atoms with E-state index in [1.807, 2.05) is 7.05 Å². The maximum absolute atomic E-state index is 14.5. The Bertz CT molecular complexity index is 919. The number of likely N-dealkylation sites (N-methyl/N-ethyl adjacent to an activating group) is 1. The first-order valence-electron chi connectivity index (χ1n) is 8.41. The summed E-state index contributed by atoms with van der Waals surface area (Å²) in [5, 5.41) is 9.34. The molecule has 132 valence electrons. The largest absolute Gasteiger partial charge is 0.486 e. The van der Waals surface area contributed by atoms with Gasteiger partial charge in [0, 0.05) is 36.8 Å². The molecule has 2 heterocycles. The van der Waals surface area contributed by atoms with E-state index >= 15 is 0 Å². The van der Waals surface area contributed by atoms with Crippen molar-refractivity contribution >= 4 is 16.9 Å². The molecule has 1 aliphatic heterocycles. The molecule has 1 aromatic carbocycles. The minimum Gasteiger partial charge on any atom is -0.486 e. The van der Waals surface area contributed by atoms with Crippen molar-refractivity contribution in [1.82, 2.24) is 9.47 Å². The lowest BCUT2D eigenvalue weighted by atomic mass is 10.1. The van der Waals surface area contributed by atoms with Gasteiger partial charge in [-0.3, -0.25) is 4.79 Å². The summed E-state index contributed by atoms with van der Waals surface area (Å²) < 4.78 is 22.1. The minimum absolute atomic E-state index is 0.0835. The zero-order chi connectivity index (χ0) is 17.7. The molecule has 4 rings (SSSR count). The van der Waals surface area contributed by atoms with Gasteiger partial charge in [-0.15, -0.1) is 0 Å². The molecule has 2 aromatic rings. The van der Waals surface area contributed by atoms with E-state index in [2.05, 4.69) is 4.90 Å². The smallest absolute Gasteiger partial charge is 0.341 e. The first-order chi connectivity index (χ1) is 11.9. The molecule has 0 bridgehead atoms. The monoisotopic (exact) mass is 346 g/mol. The number of carboxylic acid groups (broad SMARTS) is 1. The molecular formula is C18H19FN2O4. The van der Waals surface area contributed by atoms with Crippen LogP contribution in [0.5, 0.6) is 5.75 Å². The van der Waals surface area contributed by atoms with Gasteiger partial charge in [-0.1, -0.05) is 0 Å². The Morgan fingerprint density at radius 1 is 1.32 bits per heavy atom. The van der Waals surface area contributed by atoms with Gasteiger partial charge in [-0.25, -0.2) is 9.18 Å². The number of pyridine rings is 1. The number of nitrogens with zero attached hydrogens (tertiary/aromatic N) is 2. The molecule has 2 fully saturated rings. The van der Waals surface area contributed by atoms with Crippen molar-refractivity contribution in [1.29, 1.82) is 0 Å². The van der Waals surface area contributed by atoms with Crippen LogP contribution in [0, 0.1) is 5.82 Å². The summed E-state index contributed by atoms with van der Waals surface area (Å²) in [6, 6.07) is 2.79. The molecule has 6 nitrogen and oxygen atoms in total. The zero-order valence-electron chi connectivity index (χ0n) is 13.9. The molecule has 0 amide bonds. The van der Waals surface area contributed by atoms with Gasteiger partial charge in [-0.2, -0.15) is 0 Å². The van der Waals surface area contributed by atoms with Gasteiger partial charge in [-0.05, 0) is 32.4 Å². The molecule has 1 saturated heterocycles. The first-order valence-corrected chi connectivity index (χ1v) is 8.41. The second-order valence-corrected chi connectivity index (χ2v) is 6.91. The van der Waals surface area contributed by atoms with Crippen molar-refractivity contribution in [2.24, 2.45) is 0 Å². The summed E-state index contributed by atoms with van der Waals surface area (Å²) >= 11 is 0. The number of fused-ring (bicyclic) bond motifs is 1. The lowest BCUT2D eigenvalue weighted by Crippen LogP contribution is -2.22. The molecule has 25 heavy (non-hydrogen) atoms. The maximum Gasteiger partial charge on any atom is 0.341 e. The van der Waals surface area contributed by atoms with Crippen LogP contribution in [0.15, 0.2) is 23.1 Å². The Hall–Kier alpha value is -2.41. The summed E-state index contributed by atoms with van der Waals surface area (Å²) in [6.45, 7) is 1.62. The molecule has 2 aliphatic rings. The van der Waals surface area contributed by atoms with Crippen LogP contribution in [0.1, 0.15) is 35.7 Å². The second kappa shape index (κ2) is 5.84. The molecule has 1 N–H and O–H groups in total. The average molecular weight is 346 g/mol. The van der Waals surface area contributed by atoms with Gasteiger partial charge in [0.15, 0.2) is 11.6 Å². The minimum atomic E-state index is -1.30. The molecule has 1 aliphatic carbocycles. The van der Waals surface area contributed by atoms with Crippen molar-refractivity contribution in [3.05, 3.63) is 39.9 Å². The highest BCUT2D eigenvalue weighted by Crippen LogP contribution is 2.38. The van der Waals surface area contributed by atoms with E-state index in [-0.39, 0.29) is 28.8 Å². The van der Waals surface area contributed by atoms with E-state index in [9.17, 15) is 19.1 Å². The lowest BCUT2D eigenvalue weighted by Gasteiger charge is -2.17. The molecular weight excluding hydrogens is 327 g/mol. The number of ether oxygens (including phenoxy) is 1. The van der Waals surface area contributed by atoms with Crippen LogP contribution < -0.4 is 10.2 Å². The van der Waals surface area contributed by atoms with Crippen LogP contribution >= 0.6 is 0 Å². The molecule has 1 aromatic heterocycles. The number of benzene rings is 1. The molecule has 7 heteroatoms. The molecule has 1 atom stereocenters. The van der Waals surface area contributed by atoms with Gasteiger partial charge >= 0.3 is 5.97 Å². The summed E-state index contributed by atoms with van der Waals surface area (Å²) in [5.74, 6) is -1.82. The van der Waals surface area contributed by atoms with Gasteiger partial charge in [0.25, 0.3) is 0 Å². The number of aromatic nitrogens is 1. The Labute approximate surface area is 143 Å². The van der Waals surface area contributed by atoms with Gasteiger partial charge in [0.2, 0.25) is 5.43 Å². The number of likely N-dealkylation sites (tertiary alicyclic amines) is 1. The zero-order valence-corrected chi connectivity index (χ0v) is 13.9. The Morgan fingerprint density at radius 2 is 2.08 bits per heavy atom. The van der Waals surface area contributed by atoms with E-state index in [1.54, 1.807) is 4.57 Å². The Balaban J connectivity index is 1.84. The van der Waals surface area contributed by atoms with Crippen molar-refractivity contribution in [2.45, 2.75) is 31.4 Å². The quantitative estimate of drug-likeness (QED) is 0.919. The van der Waals surface area contributed by atoms with Crippen LogP contribution in [-0.2, 0) is 0 Å². The predicted octanol–water partition coefficient (Wildman–Crippen LogP) is 2.26. The van der Waals surface area contributed by atoms with Crippen LogP contribution in [0.3, 0.4) is 0 Å². The van der Waals surface area contributed by atoms with Crippen molar-refractivity contribution in [3.63, 3.8) is 0 Å². The third-order valence-corrected chi connectivity index (χ3v) is 4.90. The third kappa shape index (κ3) is 2.89. The van der Waals surface area contributed by atoms with Crippen LogP contribution in [0.2, 0.25) is 0 Å². The highest BCUT2D eigenvalue weighted by Gasteiger charge is 2.28. The SMILES string of the molecule is CN1CCC(Oc2cc3c(cc2F)c(=O)c(C(=O)O)cn3C2CC2)C1. The summed E-state index contributed by atoms with van der Waals surface area (Å²) in [4.78, 5) is 25.9. The maximum atomic E-state index is 14.5. The Morgan fingerprint density at radius 3 is 2.68 bits per heavy atom. The van der Waals surface area contributed by atoms with E-state index < -0.39 is 17.2 Å². The summed E-state index contributed by atoms with van der Waals surface area (Å²) in [6.07, 6.45) is 3.93. The normalized spacial score (nSPS) is 21.0. The average Bonchev–Trinajstić information content (AvgIpc) is 3.32. The summed E-state index contributed by atoms with van der Waals surface area (Å²) in [5.41, 5.74) is -0.462. The van der Waals surface area contributed by atoms with E-state index in [0.717, 1.165) is 38.4 Å². The van der Waals surface area contributed by atoms with Crippen LogP contribution in [0.4, 0.5) is 4.39 Å². The predicted molar refractivity (Wildman–Crippen MR) is 89.9 cm³/mol. The van der Waals surface area contributed by atoms with E-state index in [1.165, 1.54) is 12.3 Å². The lowest BCUT2D eigenvalue weighted by molar-refractivity contribution is 0.0695. The van der Waals surface area contributed by atoms with Gasteiger partial charge in [0.1, 0.15) is 11.7 Å². The summed E-state index contributed by atoms with van der Waals surface area (Å²) in [7, 11) is 1.98. The van der Waals surface area contributed by atoms with Crippen molar-refractivity contribution in [2.75, 3.05) is 20.1 Å². The van der Waals surface area contributed by atoms with Crippen molar-refractivity contribution in [3.8, 4) is 5.75 Å². The molecule has 1 saturated carbocycles. The number of carbonyl (C=O) groups is 1. The standard InChI is InChI=1S/C18H19FN2O4/c1-20-5-4-11(8-20)25-16-7-15-12(6-14(16)19)17(22)13(18(23)24)9-21(15)10-2-3-10/h6-7,9-11H,2-5,8H2,1H3,(H,23,24). The van der Waals surface area contributed by atoms with Gasteiger partial charge in [0.05, 0.1) is 5.52 Å². The highest BCUT2D eigenvalue weighted by atomic mass is 19.1. The number of carboxylic acids is 1. The number of hydrogen-bond donors (Lipinski definition) is 1. The first kappa shape index (κ1) is 16.1. The third-order valence-electron chi connectivity index (χ3n) is 4.90. The van der Waals surface area contributed by atoms with Gasteiger partial charge < -0.3 is 19.3 Å². The number of rotatable bonds is 4. The van der Waals surface area contributed by atoms with Crippen molar-refractivity contribution < 1.29 is 19.0 Å². The van der Waals surface area contributed by atoms with E-state index in [4.69, 9.17) is 4.74 Å². The van der Waals surface area contributed by atoms with Crippen LogP contribution in [0.25, 0.3) is 10.9 Å². The fourth-order valence-corrected chi connectivity index (χ4v) is 3.42. The molecule has 0 radical (unpaired) electrons. The molecule has 1 unspecified atom stereocenters.